The van der Waals surface area contributed by atoms with Crippen molar-refractivity contribution < 1.29 is 14.0 Å². The van der Waals surface area contributed by atoms with Gasteiger partial charge in [0.2, 0.25) is 11.7 Å². The zero-order valence-corrected chi connectivity index (χ0v) is 17.4. The average molecular weight is 440 g/mol. The molecule has 152 valence electrons. The maximum atomic E-state index is 6.09. The smallest absolute Gasteiger partial charge is 0.237 e. The zero-order chi connectivity index (χ0) is 20.3. The molecule has 1 unspecified atom stereocenters. The van der Waals surface area contributed by atoms with Crippen LogP contribution < -0.4 is 9.47 Å². The highest BCUT2D eigenvalue weighted by Crippen LogP contribution is 2.36. The number of para-hydroxylation sites is 2. The van der Waals surface area contributed by atoms with Gasteiger partial charge in [-0.25, -0.2) is 0 Å². The van der Waals surface area contributed by atoms with E-state index in [4.69, 9.17) is 14.0 Å². The van der Waals surface area contributed by atoms with Crippen LogP contribution >= 0.6 is 23.1 Å². The molecule has 5 rings (SSSR count). The Bertz CT molecular complexity index is 1160. The van der Waals surface area contributed by atoms with E-state index in [1.807, 2.05) is 45.7 Å². The van der Waals surface area contributed by atoms with Gasteiger partial charge in [-0.15, -0.1) is 16.8 Å². The third-order valence-electron chi connectivity index (χ3n) is 4.43. The number of allylic oxidation sites excluding steroid dienone is 1. The van der Waals surface area contributed by atoms with Crippen molar-refractivity contribution in [2.24, 2.45) is 0 Å². The Kier molecular flexibility index (Phi) is 5.24. The molecule has 0 fully saturated rings. The van der Waals surface area contributed by atoms with E-state index in [9.17, 15) is 0 Å². The van der Waals surface area contributed by atoms with Crippen LogP contribution in [0.4, 0.5) is 0 Å². The van der Waals surface area contributed by atoms with Crippen molar-refractivity contribution in [1.82, 2.24) is 24.9 Å². The van der Waals surface area contributed by atoms with Gasteiger partial charge >= 0.3 is 0 Å². The second kappa shape index (κ2) is 8.33. The summed E-state index contributed by atoms with van der Waals surface area (Å²) in [6, 6.07) is 9.56. The first-order valence-electron chi connectivity index (χ1n) is 9.22. The second-order valence-corrected chi connectivity index (χ2v) is 8.14. The van der Waals surface area contributed by atoms with Gasteiger partial charge in [-0.2, -0.15) is 16.3 Å². The highest BCUT2D eigenvalue weighted by Gasteiger charge is 2.28. The molecule has 0 N–H and O–H groups in total. The molecule has 0 amide bonds. The van der Waals surface area contributed by atoms with Gasteiger partial charge in [0.15, 0.2) is 28.6 Å². The van der Waals surface area contributed by atoms with Gasteiger partial charge in [0, 0.05) is 17.5 Å². The largest absolute Gasteiger partial charge is 0.485 e. The number of thioether (sulfide) groups is 1. The van der Waals surface area contributed by atoms with Gasteiger partial charge in [-0.3, -0.25) is 4.57 Å². The molecule has 8 nitrogen and oxygen atoms in total. The van der Waals surface area contributed by atoms with Crippen LogP contribution in [0.3, 0.4) is 0 Å². The summed E-state index contributed by atoms with van der Waals surface area (Å²) < 4.78 is 19.3. The first-order chi connectivity index (χ1) is 14.8. The summed E-state index contributed by atoms with van der Waals surface area (Å²) in [5.41, 5.74) is 0.951. The highest BCUT2D eigenvalue weighted by molar-refractivity contribution is 7.98. The number of thiophene rings is 1. The quantitative estimate of drug-likeness (QED) is 0.310. The van der Waals surface area contributed by atoms with Gasteiger partial charge in [0.05, 0.1) is 5.75 Å². The molecule has 10 heteroatoms. The first-order valence-corrected chi connectivity index (χ1v) is 11.1. The molecule has 0 saturated carbocycles. The molecule has 0 radical (unpaired) electrons. The van der Waals surface area contributed by atoms with Gasteiger partial charge < -0.3 is 14.0 Å². The number of hydrogen-bond acceptors (Lipinski definition) is 9. The van der Waals surface area contributed by atoms with Crippen LogP contribution in [0.1, 0.15) is 17.8 Å². The summed E-state index contributed by atoms with van der Waals surface area (Å²) in [6.07, 6.45) is 1.45. The normalized spacial score (nSPS) is 15.3. The van der Waals surface area contributed by atoms with E-state index < -0.39 is 0 Å². The van der Waals surface area contributed by atoms with Crippen LogP contribution in [0.5, 0.6) is 11.5 Å². The van der Waals surface area contributed by atoms with E-state index in [2.05, 4.69) is 26.9 Å². The van der Waals surface area contributed by atoms with Gasteiger partial charge in [-0.1, -0.05) is 35.1 Å². The first kappa shape index (κ1) is 18.9. The van der Waals surface area contributed by atoms with Crippen LogP contribution in [-0.2, 0) is 12.3 Å². The van der Waals surface area contributed by atoms with Crippen LogP contribution in [0.2, 0.25) is 0 Å². The summed E-state index contributed by atoms with van der Waals surface area (Å²) in [5.74, 6) is 3.72. The van der Waals surface area contributed by atoms with E-state index in [1.165, 1.54) is 11.8 Å². The fourth-order valence-corrected chi connectivity index (χ4v) is 4.47. The predicted molar refractivity (Wildman–Crippen MR) is 113 cm³/mol. The summed E-state index contributed by atoms with van der Waals surface area (Å²) >= 11 is 3.07. The van der Waals surface area contributed by atoms with Crippen molar-refractivity contribution in [3.05, 3.63) is 65.5 Å². The number of nitrogens with zero attached hydrogens (tertiary/aromatic N) is 5. The Balaban J connectivity index is 1.33. The molecule has 0 aliphatic carbocycles. The number of ether oxygens (including phenoxy) is 2. The summed E-state index contributed by atoms with van der Waals surface area (Å²) in [5, 5.41) is 17.4. The SMILES string of the molecule is C=CCn1c(SCc2nc(-c3ccsc3)no2)nnc1C1COc2ccccc2O1. The lowest BCUT2D eigenvalue weighted by molar-refractivity contribution is 0.0821. The van der Waals surface area contributed by atoms with Crippen molar-refractivity contribution >= 4 is 23.1 Å². The van der Waals surface area contributed by atoms with Crippen molar-refractivity contribution in [3.63, 3.8) is 0 Å². The number of fused-ring (bicyclic) bond motifs is 1. The molecule has 0 saturated heterocycles. The third kappa shape index (κ3) is 3.71. The summed E-state index contributed by atoms with van der Waals surface area (Å²) in [7, 11) is 0. The minimum Gasteiger partial charge on any atom is -0.485 e. The minimum atomic E-state index is -0.352. The van der Waals surface area contributed by atoms with E-state index in [1.54, 1.807) is 17.4 Å². The topological polar surface area (TPSA) is 88.1 Å². The second-order valence-electron chi connectivity index (χ2n) is 6.42. The lowest BCUT2D eigenvalue weighted by Gasteiger charge is -2.26. The lowest BCUT2D eigenvalue weighted by Crippen LogP contribution is -2.25. The molecule has 1 aliphatic rings. The molecule has 0 bridgehead atoms. The molecule has 3 aromatic heterocycles. The fraction of sp³-hybridized carbons (Fsp3) is 0.200. The third-order valence-corrected chi connectivity index (χ3v) is 6.06. The number of aromatic nitrogens is 5. The molecule has 0 spiro atoms. The zero-order valence-electron chi connectivity index (χ0n) is 15.8. The maximum Gasteiger partial charge on any atom is 0.237 e. The van der Waals surface area contributed by atoms with Gasteiger partial charge in [0.25, 0.3) is 0 Å². The van der Waals surface area contributed by atoms with E-state index in [-0.39, 0.29) is 6.10 Å². The van der Waals surface area contributed by atoms with E-state index in [0.717, 1.165) is 16.5 Å². The molecule has 4 heterocycles. The minimum absolute atomic E-state index is 0.352. The van der Waals surface area contributed by atoms with Crippen LogP contribution in [0, 0.1) is 0 Å². The Hall–Kier alpha value is -3.11. The standard InChI is InChI=1S/C20H17N5O3S2/c1-2-8-25-19(16-10-26-14-5-3-4-6-15(14)27-16)22-23-20(25)30-12-17-21-18(24-28-17)13-7-9-29-11-13/h2-7,9,11,16H,1,8,10,12H2. The number of benzene rings is 1. The Morgan fingerprint density at radius 1 is 1.23 bits per heavy atom. The Morgan fingerprint density at radius 3 is 2.97 bits per heavy atom. The van der Waals surface area contributed by atoms with Crippen LogP contribution in [0.25, 0.3) is 11.4 Å². The van der Waals surface area contributed by atoms with Crippen molar-refractivity contribution in [2.45, 2.75) is 23.6 Å². The van der Waals surface area contributed by atoms with Crippen LogP contribution in [0.15, 0.2) is 63.4 Å². The Morgan fingerprint density at radius 2 is 2.13 bits per heavy atom. The molecule has 1 aromatic carbocycles. The fourth-order valence-electron chi connectivity index (χ4n) is 3.04. The van der Waals surface area contributed by atoms with E-state index >= 15 is 0 Å². The van der Waals surface area contributed by atoms with E-state index in [0.29, 0.717) is 42.2 Å². The van der Waals surface area contributed by atoms with Crippen molar-refractivity contribution in [1.29, 1.82) is 0 Å². The molecular weight excluding hydrogens is 422 g/mol. The summed E-state index contributed by atoms with van der Waals surface area (Å²) in [4.78, 5) is 4.45. The molecule has 4 aromatic rings. The summed E-state index contributed by atoms with van der Waals surface area (Å²) in [6.45, 7) is 4.77. The molecule has 30 heavy (non-hydrogen) atoms. The van der Waals surface area contributed by atoms with Crippen LogP contribution in [-0.4, -0.2) is 31.5 Å². The Labute approximate surface area is 180 Å². The molecule has 1 atom stereocenters. The molecular formula is C20H17N5O3S2. The predicted octanol–water partition coefficient (Wildman–Crippen LogP) is 4.38. The molecule has 1 aliphatic heterocycles. The monoisotopic (exact) mass is 439 g/mol. The van der Waals surface area contributed by atoms with Gasteiger partial charge in [0.1, 0.15) is 6.61 Å². The average Bonchev–Trinajstić information content (AvgIpc) is 3.53. The highest BCUT2D eigenvalue weighted by atomic mass is 32.2. The lowest BCUT2D eigenvalue weighted by atomic mass is 10.2. The number of rotatable bonds is 7. The maximum absolute atomic E-state index is 6.09. The van der Waals surface area contributed by atoms with Crippen molar-refractivity contribution in [2.75, 3.05) is 6.61 Å². The number of hydrogen-bond donors (Lipinski definition) is 0. The van der Waals surface area contributed by atoms with Gasteiger partial charge in [-0.05, 0) is 23.6 Å². The van der Waals surface area contributed by atoms with Crippen molar-refractivity contribution in [3.8, 4) is 22.9 Å².